The van der Waals surface area contributed by atoms with E-state index < -0.39 is 0 Å². The second-order valence-corrected chi connectivity index (χ2v) is 4.72. The van der Waals surface area contributed by atoms with Gasteiger partial charge in [-0.2, -0.15) is 0 Å². The third-order valence-electron chi connectivity index (χ3n) is 3.03. The highest BCUT2D eigenvalue weighted by Gasteiger charge is 2.18. The predicted octanol–water partition coefficient (Wildman–Crippen LogP) is 1.81. The van der Waals surface area contributed by atoms with Crippen LogP contribution in [-0.4, -0.2) is 42.4 Å². The van der Waals surface area contributed by atoms with Gasteiger partial charge in [0.2, 0.25) is 0 Å². The lowest BCUT2D eigenvalue weighted by molar-refractivity contribution is 0.440. The third-order valence-corrected chi connectivity index (χ3v) is 3.59. The van der Waals surface area contributed by atoms with Gasteiger partial charge in [0.05, 0.1) is 0 Å². The van der Waals surface area contributed by atoms with E-state index in [0.29, 0.717) is 6.04 Å². The molecule has 0 atom stereocenters. The van der Waals surface area contributed by atoms with Gasteiger partial charge < -0.3 is 10.2 Å². The van der Waals surface area contributed by atoms with Crippen molar-refractivity contribution in [2.24, 2.45) is 0 Å². The van der Waals surface area contributed by atoms with Crippen LogP contribution in [0.5, 0.6) is 0 Å². The average Bonchev–Trinajstić information content (AvgIpc) is 2.39. The molecule has 0 spiro atoms. The van der Waals surface area contributed by atoms with E-state index in [2.05, 4.69) is 20.2 Å². The maximum Gasteiger partial charge on any atom is 0.189 e. The van der Waals surface area contributed by atoms with E-state index in [0.717, 1.165) is 24.1 Å². The van der Waals surface area contributed by atoms with Crippen molar-refractivity contribution >= 4 is 30.0 Å². The van der Waals surface area contributed by atoms with Crippen LogP contribution in [0.15, 0.2) is 17.4 Å². The Morgan fingerprint density at radius 2 is 2.12 bits per heavy atom. The molecule has 0 unspecified atom stereocenters. The van der Waals surface area contributed by atoms with Crippen LogP contribution in [-0.2, 0) is 0 Å². The Kier molecular flexibility index (Phi) is 6.02. The number of piperidine rings is 1. The number of nitrogens with zero attached hydrogens (tertiary/aromatic N) is 3. The van der Waals surface area contributed by atoms with E-state index in [1.54, 1.807) is 11.8 Å². The first-order chi connectivity index (χ1) is 7.83. The van der Waals surface area contributed by atoms with Gasteiger partial charge in [0.1, 0.15) is 5.82 Å². The van der Waals surface area contributed by atoms with Gasteiger partial charge in [0.25, 0.3) is 0 Å². The van der Waals surface area contributed by atoms with Crippen LogP contribution < -0.4 is 10.2 Å². The van der Waals surface area contributed by atoms with E-state index >= 15 is 0 Å². The van der Waals surface area contributed by atoms with Gasteiger partial charge in [-0.15, -0.1) is 12.4 Å². The number of aromatic nitrogens is 2. The zero-order valence-electron chi connectivity index (χ0n) is 10.2. The first-order valence-corrected chi connectivity index (χ1v) is 6.85. The molecular weight excluding hydrogens is 256 g/mol. The maximum atomic E-state index is 4.52. The summed E-state index contributed by atoms with van der Waals surface area (Å²) in [6.07, 6.45) is 6.23. The summed E-state index contributed by atoms with van der Waals surface area (Å²) >= 11 is 1.59. The lowest BCUT2D eigenvalue weighted by Crippen LogP contribution is -2.41. The molecule has 0 aromatic carbocycles. The molecule has 0 radical (unpaired) electrons. The highest BCUT2D eigenvalue weighted by Crippen LogP contribution is 2.19. The zero-order chi connectivity index (χ0) is 11.4. The number of nitrogens with one attached hydrogen (secondary N) is 1. The molecule has 1 aromatic rings. The molecule has 96 valence electrons. The number of hydrogen-bond acceptors (Lipinski definition) is 5. The van der Waals surface area contributed by atoms with E-state index in [9.17, 15) is 0 Å². The van der Waals surface area contributed by atoms with Crippen LogP contribution in [0.25, 0.3) is 0 Å². The molecule has 1 fully saturated rings. The Hall–Kier alpha value is -0.520. The Labute approximate surface area is 113 Å². The summed E-state index contributed by atoms with van der Waals surface area (Å²) in [7, 11) is 2.04. The van der Waals surface area contributed by atoms with Crippen molar-refractivity contribution < 1.29 is 0 Å². The molecule has 0 saturated carbocycles. The quantitative estimate of drug-likeness (QED) is 0.673. The summed E-state index contributed by atoms with van der Waals surface area (Å²) in [5.74, 6) is 1.06. The van der Waals surface area contributed by atoms with Crippen molar-refractivity contribution in [3.05, 3.63) is 12.3 Å². The highest BCUT2D eigenvalue weighted by molar-refractivity contribution is 7.98. The first kappa shape index (κ1) is 14.5. The minimum absolute atomic E-state index is 0. The molecule has 0 aliphatic carbocycles. The fourth-order valence-corrected chi connectivity index (χ4v) is 2.35. The molecule has 6 heteroatoms. The number of halogens is 1. The normalized spacial score (nSPS) is 16.7. The lowest BCUT2D eigenvalue weighted by Gasteiger charge is -2.32. The summed E-state index contributed by atoms with van der Waals surface area (Å²) in [5.41, 5.74) is 0. The second kappa shape index (κ2) is 7.03. The molecule has 2 rings (SSSR count). The van der Waals surface area contributed by atoms with Crippen LogP contribution in [0.3, 0.4) is 0 Å². The molecule has 2 heterocycles. The van der Waals surface area contributed by atoms with Crippen molar-refractivity contribution in [1.82, 2.24) is 15.3 Å². The van der Waals surface area contributed by atoms with Crippen molar-refractivity contribution in [2.45, 2.75) is 24.0 Å². The van der Waals surface area contributed by atoms with Gasteiger partial charge in [-0.1, -0.05) is 11.8 Å². The van der Waals surface area contributed by atoms with E-state index in [1.807, 2.05) is 25.6 Å². The molecule has 0 bridgehead atoms. The standard InChI is InChI=1S/C11H18N4S.ClH/c1-12-9-4-7-15(8-5-9)10-3-6-13-11(14-10)16-2;/h3,6,9,12H,4-5,7-8H2,1-2H3;1H. The van der Waals surface area contributed by atoms with Crippen molar-refractivity contribution in [3.63, 3.8) is 0 Å². The van der Waals surface area contributed by atoms with E-state index in [4.69, 9.17) is 0 Å². The minimum atomic E-state index is 0. The topological polar surface area (TPSA) is 41.0 Å². The largest absolute Gasteiger partial charge is 0.356 e. The molecule has 0 amide bonds. The summed E-state index contributed by atoms with van der Waals surface area (Å²) in [6, 6.07) is 2.66. The van der Waals surface area contributed by atoms with Crippen LogP contribution in [0.4, 0.5) is 5.82 Å². The molecule has 17 heavy (non-hydrogen) atoms. The second-order valence-electron chi connectivity index (χ2n) is 3.95. The highest BCUT2D eigenvalue weighted by atomic mass is 35.5. The van der Waals surface area contributed by atoms with Gasteiger partial charge in [0, 0.05) is 25.3 Å². The zero-order valence-corrected chi connectivity index (χ0v) is 11.9. The third kappa shape index (κ3) is 3.72. The fraction of sp³-hybridized carbons (Fsp3) is 0.636. The van der Waals surface area contributed by atoms with Gasteiger partial charge in [-0.05, 0) is 32.2 Å². The Morgan fingerprint density at radius 1 is 1.41 bits per heavy atom. The average molecular weight is 275 g/mol. The number of anilines is 1. The Bertz CT molecular complexity index is 342. The fourth-order valence-electron chi connectivity index (χ4n) is 2.00. The lowest BCUT2D eigenvalue weighted by atomic mass is 10.1. The molecule has 1 aliphatic heterocycles. The maximum absolute atomic E-state index is 4.52. The molecule has 1 aliphatic rings. The van der Waals surface area contributed by atoms with Crippen LogP contribution in [0.1, 0.15) is 12.8 Å². The Balaban J connectivity index is 0.00000144. The van der Waals surface area contributed by atoms with Crippen molar-refractivity contribution in [1.29, 1.82) is 0 Å². The molecule has 1 saturated heterocycles. The van der Waals surface area contributed by atoms with E-state index in [-0.39, 0.29) is 12.4 Å². The van der Waals surface area contributed by atoms with Gasteiger partial charge in [-0.25, -0.2) is 9.97 Å². The molecule has 4 nitrogen and oxygen atoms in total. The summed E-state index contributed by atoms with van der Waals surface area (Å²) in [4.78, 5) is 11.1. The number of hydrogen-bond donors (Lipinski definition) is 1. The van der Waals surface area contributed by atoms with Crippen molar-refractivity contribution in [3.8, 4) is 0 Å². The van der Waals surface area contributed by atoms with Crippen LogP contribution in [0.2, 0.25) is 0 Å². The number of rotatable bonds is 3. The molecule has 1 aromatic heterocycles. The molecule has 1 N–H and O–H groups in total. The monoisotopic (exact) mass is 274 g/mol. The van der Waals surface area contributed by atoms with Gasteiger partial charge in [0.15, 0.2) is 5.16 Å². The minimum Gasteiger partial charge on any atom is -0.356 e. The summed E-state index contributed by atoms with van der Waals surface area (Å²) in [6.45, 7) is 2.16. The molecular formula is C11H19ClN4S. The van der Waals surface area contributed by atoms with Crippen LogP contribution >= 0.6 is 24.2 Å². The summed E-state index contributed by atoms with van der Waals surface area (Å²) < 4.78 is 0. The number of thioether (sulfide) groups is 1. The van der Waals surface area contributed by atoms with Gasteiger partial charge >= 0.3 is 0 Å². The summed E-state index contributed by atoms with van der Waals surface area (Å²) in [5, 5.41) is 4.19. The smallest absolute Gasteiger partial charge is 0.189 e. The predicted molar refractivity (Wildman–Crippen MR) is 75.4 cm³/mol. The van der Waals surface area contributed by atoms with Gasteiger partial charge in [-0.3, -0.25) is 0 Å². The van der Waals surface area contributed by atoms with E-state index in [1.165, 1.54) is 12.8 Å². The van der Waals surface area contributed by atoms with Crippen molar-refractivity contribution in [2.75, 3.05) is 31.3 Å². The Morgan fingerprint density at radius 3 is 2.71 bits per heavy atom. The van der Waals surface area contributed by atoms with Crippen LogP contribution in [0, 0.1) is 0 Å². The SMILES string of the molecule is CNC1CCN(c2ccnc(SC)n2)CC1.Cl. The first-order valence-electron chi connectivity index (χ1n) is 5.62.